The molecule has 1 rings (SSSR count). The fourth-order valence-electron chi connectivity index (χ4n) is 1.13. The molecule has 94 valence electrons. The van der Waals surface area contributed by atoms with Crippen molar-refractivity contribution >= 4 is 25.6 Å². The first-order valence-corrected chi connectivity index (χ1v) is 8.03. The molecule has 0 saturated carbocycles. The summed E-state index contributed by atoms with van der Waals surface area (Å²) >= 11 is 0. The number of carboxylic acid groups (broad SMARTS) is 1. The van der Waals surface area contributed by atoms with Gasteiger partial charge < -0.3 is 9.84 Å². The first-order valence-electron chi connectivity index (χ1n) is 4.63. The summed E-state index contributed by atoms with van der Waals surface area (Å²) in [5, 5.41) is 8.89. The van der Waals surface area contributed by atoms with Gasteiger partial charge in [-0.3, -0.25) is 0 Å². The third kappa shape index (κ3) is 5.20. The van der Waals surface area contributed by atoms with E-state index in [0.29, 0.717) is 16.4 Å². The molecule has 1 aromatic rings. The van der Waals surface area contributed by atoms with Gasteiger partial charge in [-0.2, -0.15) is 0 Å². The van der Waals surface area contributed by atoms with E-state index in [1.165, 1.54) is 6.07 Å². The average molecular weight is 276 g/mol. The van der Waals surface area contributed by atoms with Crippen LogP contribution < -0.4 is 0 Å². The molecule has 0 atom stereocenters. The Balaban J connectivity index is 2.55. The standard InChI is InChI=1S/C10H12O5S2/c1-17(13,14)16-7-15-6-8-4-2-3-5-9(8)10(11)12/h2-5H,6-7H2,1H3,(H,11,12). The van der Waals surface area contributed by atoms with Gasteiger partial charge in [0.05, 0.1) is 12.2 Å². The van der Waals surface area contributed by atoms with Crippen LogP contribution in [-0.2, 0) is 20.2 Å². The molecule has 0 aliphatic carbocycles. The Hall–Kier alpha value is -1.05. The maximum absolute atomic E-state index is 10.9. The molecule has 17 heavy (non-hydrogen) atoms. The maximum Gasteiger partial charge on any atom is 0.336 e. The summed E-state index contributed by atoms with van der Waals surface area (Å²) in [6.45, 7) is 0.0744. The fourth-order valence-corrected chi connectivity index (χ4v) is 2.18. The summed E-state index contributed by atoms with van der Waals surface area (Å²) in [6.07, 6.45) is 1.09. The Morgan fingerprint density at radius 2 is 2.06 bits per heavy atom. The van der Waals surface area contributed by atoms with Crippen molar-refractivity contribution in [3.8, 4) is 0 Å². The second-order valence-corrected chi connectivity index (χ2v) is 7.65. The Morgan fingerprint density at radius 1 is 1.41 bits per heavy atom. The maximum atomic E-state index is 10.9. The van der Waals surface area contributed by atoms with Gasteiger partial charge in [0.15, 0.2) is 0 Å². The summed E-state index contributed by atoms with van der Waals surface area (Å²) in [5.41, 5.74) is 0.686. The van der Waals surface area contributed by atoms with E-state index in [9.17, 15) is 13.2 Å². The third-order valence-electron chi connectivity index (χ3n) is 1.85. The van der Waals surface area contributed by atoms with Crippen LogP contribution >= 0.6 is 10.8 Å². The minimum atomic E-state index is -3.13. The van der Waals surface area contributed by atoms with Crippen molar-refractivity contribution in [2.24, 2.45) is 0 Å². The molecule has 5 nitrogen and oxygen atoms in total. The summed E-state index contributed by atoms with van der Waals surface area (Å²) in [5.74, 6) is -1.05. The van der Waals surface area contributed by atoms with E-state index in [0.717, 1.165) is 6.26 Å². The SMILES string of the molecule is CS(=O)(=O)SCOCc1ccccc1C(=O)O. The van der Waals surface area contributed by atoms with Gasteiger partial charge in [-0.25, -0.2) is 13.2 Å². The molecule has 0 bridgehead atoms. The van der Waals surface area contributed by atoms with Gasteiger partial charge in [0.25, 0.3) is 0 Å². The second-order valence-electron chi connectivity index (χ2n) is 3.25. The molecule has 0 radical (unpaired) electrons. The molecule has 0 fully saturated rings. The van der Waals surface area contributed by atoms with Gasteiger partial charge >= 0.3 is 5.97 Å². The van der Waals surface area contributed by atoms with Crippen molar-refractivity contribution in [1.29, 1.82) is 0 Å². The lowest BCUT2D eigenvalue weighted by molar-refractivity contribution is 0.0691. The zero-order chi connectivity index (χ0) is 12.9. The molecule has 0 unspecified atom stereocenters. The van der Waals surface area contributed by atoms with E-state index in [2.05, 4.69) is 0 Å². The van der Waals surface area contributed by atoms with Gasteiger partial charge in [-0.1, -0.05) is 18.2 Å². The minimum absolute atomic E-state index is 0.0210. The highest BCUT2D eigenvalue weighted by atomic mass is 33.1. The van der Waals surface area contributed by atoms with Crippen LogP contribution in [0.2, 0.25) is 0 Å². The van der Waals surface area contributed by atoms with E-state index >= 15 is 0 Å². The number of hydrogen-bond acceptors (Lipinski definition) is 5. The van der Waals surface area contributed by atoms with Crippen molar-refractivity contribution in [3.63, 3.8) is 0 Å². The number of carboxylic acids is 1. The van der Waals surface area contributed by atoms with Crippen LogP contribution in [0.4, 0.5) is 0 Å². The third-order valence-corrected chi connectivity index (χ3v) is 4.12. The van der Waals surface area contributed by atoms with Gasteiger partial charge in [-0.15, -0.1) is 0 Å². The smallest absolute Gasteiger partial charge is 0.336 e. The molecule has 1 N–H and O–H groups in total. The van der Waals surface area contributed by atoms with E-state index in [4.69, 9.17) is 9.84 Å². The normalized spacial score (nSPS) is 11.4. The van der Waals surface area contributed by atoms with E-state index < -0.39 is 14.8 Å². The first-order chi connectivity index (χ1) is 7.90. The molecule has 0 heterocycles. The largest absolute Gasteiger partial charge is 0.478 e. The second kappa shape index (κ2) is 6.04. The molecule has 0 saturated heterocycles. The van der Waals surface area contributed by atoms with E-state index in [1.807, 2.05) is 0 Å². The summed E-state index contributed by atoms with van der Waals surface area (Å²) in [4.78, 5) is 10.9. The molecular weight excluding hydrogens is 264 g/mol. The molecule has 0 aromatic heterocycles. The van der Waals surface area contributed by atoms with Gasteiger partial charge in [0.1, 0.15) is 5.94 Å². The highest BCUT2D eigenvalue weighted by Crippen LogP contribution is 2.14. The lowest BCUT2D eigenvalue weighted by Gasteiger charge is -2.06. The number of aromatic carboxylic acids is 1. The van der Waals surface area contributed by atoms with Crippen LogP contribution in [0.25, 0.3) is 0 Å². The highest BCUT2D eigenvalue weighted by molar-refractivity contribution is 8.71. The van der Waals surface area contributed by atoms with Crippen molar-refractivity contribution in [2.75, 3.05) is 12.2 Å². The average Bonchev–Trinajstić information content (AvgIpc) is 2.23. The first kappa shape index (κ1) is 14.0. The minimum Gasteiger partial charge on any atom is -0.478 e. The Bertz CT molecular complexity index is 495. The number of rotatable bonds is 6. The van der Waals surface area contributed by atoms with Crippen LogP contribution in [0.1, 0.15) is 15.9 Å². The molecular formula is C10H12O5S2. The zero-order valence-electron chi connectivity index (χ0n) is 9.12. The van der Waals surface area contributed by atoms with E-state index in [1.54, 1.807) is 18.2 Å². The summed E-state index contributed by atoms with van der Waals surface area (Å²) in [7, 11) is -2.46. The quantitative estimate of drug-likeness (QED) is 0.482. The molecule has 1 aromatic carbocycles. The van der Waals surface area contributed by atoms with Crippen molar-refractivity contribution in [3.05, 3.63) is 35.4 Å². The predicted molar refractivity (Wildman–Crippen MR) is 65.5 cm³/mol. The van der Waals surface area contributed by atoms with Crippen LogP contribution in [0.3, 0.4) is 0 Å². The topological polar surface area (TPSA) is 80.7 Å². The Labute approximate surface area is 103 Å². The molecule has 0 aliphatic rings. The number of hydrogen-bond donors (Lipinski definition) is 1. The van der Waals surface area contributed by atoms with Crippen molar-refractivity contribution < 1.29 is 23.1 Å². The monoisotopic (exact) mass is 276 g/mol. The number of ether oxygens (including phenoxy) is 1. The predicted octanol–water partition coefficient (Wildman–Crippen LogP) is 1.55. The van der Waals surface area contributed by atoms with Crippen LogP contribution in [0.15, 0.2) is 24.3 Å². The van der Waals surface area contributed by atoms with E-state index in [-0.39, 0.29) is 18.1 Å². The molecule has 0 aliphatic heterocycles. The number of benzene rings is 1. The molecule has 7 heteroatoms. The molecule has 0 amide bonds. The zero-order valence-corrected chi connectivity index (χ0v) is 10.8. The lowest BCUT2D eigenvalue weighted by atomic mass is 10.1. The lowest BCUT2D eigenvalue weighted by Crippen LogP contribution is -2.04. The van der Waals surface area contributed by atoms with Crippen LogP contribution in [0, 0.1) is 0 Å². The van der Waals surface area contributed by atoms with Gasteiger partial charge in [0, 0.05) is 6.26 Å². The van der Waals surface area contributed by atoms with Crippen LogP contribution in [0.5, 0.6) is 0 Å². The Kier molecular flexibility index (Phi) is 4.98. The van der Waals surface area contributed by atoms with Crippen molar-refractivity contribution in [1.82, 2.24) is 0 Å². The fraction of sp³-hybridized carbons (Fsp3) is 0.300. The summed E-state index contributed by atoms with van der Waals surface area (Å²) in [6, 6.07) is 6.44. The Morgan fingerprint density at radius 3 is 2.65 bits per heavy atom. The van der Waals surface area contributed by atoms with Gasteiger partial charge in [0.2, 0.25) is 8.87 Å². The molecule has 0 spiro atoms. The van der Waals surface area contributed by atoms with Gasteiger partial charge in [-0.05, 0) is 22.4 Å². The summed E-state index contributed by atoms with van der Waals surface area (Å²) < 4.78 is 26.7. The van der Waals surface area contributed by atoms with Crippen molar-refractivity contribution in [2.45, 2.75) is 6.61 Å². The van der Waals surface area contributed by atoms with Crippen LogP contribution in [-0.4, -0.2) is 31.7 Å². The number of carbonyl (C=O) groups is 1. The highest BCUT2D eigenvalue weighted by Gasteiger charge is 2.09.